The number of thiazole rings is 1. The van der Waals surface area contributed by atoms with E-state index in [4.69, 9.17) is 39.9 Å². The van der Waals surface area contributed by atoms with E-state index in [9.17, 15) is 9.59 Å². The summed E-state index contributed by atoms with van der Waals surface area (Å²) in [5, 5.41) is 11.2. The fourth-order valence-electron chi connectivity index (χ4n) is 4.46. The first-order valence-electron chi connectivity index (χ1n) is 12.2. The standard InChI is InChI=1S/C28H24Cl3N5O2S/c1-15-4-6-20(30)12-24(15)36-16(2)10-23(34-36)26-17(3)33-28-35(27(26)38)21(14-39-28)13-25(37)32-9-8-18-5-7-19(29)11-22(18)31/h4-7,10-12,14H,8-9,13H2,1-3H3,(H,32,37). The van der Waals surface area contributed by atoms with Crippen molar-refractivity contribution >= 4 is 57.0 Å². The highest BCUT2D eigenvalue weighted by Crippen LogP contribution is 2.26. The SMILES string of the molecule is Cc1ccc(Cl)cc1-n1nc(-c2c(C)nc3scc(CC(=O)NCCc4ccc(Cl)cc4Cl)n3c2=O)cc1C. The Bertz CT molecular complexity index is 1790. The van der Waals surface area contributed by atoms with Gasteiger partial charge in [-0.1, -0.05) is 46.9 Å². The molecule has 39 heavy (non-hydrogen) atoms. The average Bonchev–Trinajstić information content (AvgIpc) is 3.45. The van der Waals surface area contributed by atoms with Crippen LogP contribution in [0.1, 0.15) is 28.2 Å². The largest absolute Gasteiger partial charge is 0.355 e. The summed E-state index contributed by atoms with van der Waals surface area (Å²) in [4.78, 5) is 31.7. The smallest absolute Gasteiger partial charge is 0.268 e. The molecule has 11 heteroatoms. The van der Waals surface area contributed by atoms with Crippen LogP contribution in [0.5, 0.6) is 0 Å². The number of hydrogen-bond acceptors (Lipinski definition) is 5. The number of carbonyl (C=O) groups is 1. The van der Waals surface area contributed by atoms with Gasteiger partial charge in [0, 0.05) is 38.4 Å². The third-order valence-corrected chi connectivity index (χ3v) is 8.13. The van der Waals surface area contributed by atoms with E-state index in [0.29, 0.717) is 55.6 Å². The molecule has 0 bridgehead atoms. The minimum absolute atomic E-state index is 0.0353. The molecule has 0 saturated heterocycles. The second-order valence-electron chi connectivity index (χ2n) is 9.25. The summed E-state index contributed by atoms with van der Waals surface area (Å²) < 4.78 is 3.28. The van der Waals surface area contributed by atoms with Gasteiger partial charge in [0.15, 0.2) is 4.96 Å². The van der Waals surface area contributed by atoms with E-state index >= 15 is 0 Å². The van der Waals surface area contributed by atoms with Crippen LogP contribution in [0.4, 0.5) is 0 Å². The number of rotatable bonds is 7. The van der Waals surface area contributed by atoms with E-state index in [0.717, 1.165) is 22.5 Å². The van der Waals surface area contributed by atoms with Gasteiger partial charge < -0.3 is 5.32 Å². The Kier molecular flexibility index (Phi) is 7.82. The topological polar surface area (TPSA) is 81.3 Å². The molecule has 0 aliphatic carbocycles. The zero-order valence-corrected chi connectivity index (χ0v) is 24.5. The molecule has 1 N–H and O–H groups in total. The van der Waals surface area contributed by atoms with Gasteiger partial charge in [0.2, 0.25) is 5.91 Å². The number of fused-ring (bicyclic) bond motifs is 1. The summed E-state index contributed by atoms with van der Waals surface area (Å²) in [5.41, 5.74) is 5.37. The predicted octanol–water partition coefficient (Wildman–Crippen LogP) is 6.40. The molecule has 0 aliphatic rings. The van der Waals surface area contributed by atoms with Crippen molar-refractivity contribution in [1.82, 2.24) is 24.5 Å². The van der Waals surface area contributed by atoms with Crippen molar-refractivity contribution in [3.05, 3.63) is 101 Å². The molecular formula is C28H24Cl3N5O2S. The molecule has 2 aromatic carbocycles. The third kappa shape index (κ3) is 5.61. The second kappa shape index (κ2) is 11.1. The predicted molar refractivity (Wildman–Crippen MR) is 158 cm³/mol. The molecule has 0 atom stereocenters. The van der Waals surface area contributed by atoms with Crippen molar-refractivity contribution in [1.29, 1.82) is 0 Å². The van der Waals surface area contributed by atoms with E-state index in [1.165, 1.54) is 15.7 Å². The highest BCUT2D eigenvalue weighted by Gasteiger charge is 2.20. The lowest BCUT2D eigenvalue weighted by Crippen LogP contribution is -2.29. The van der Waals surface area contributed by atoms with Crippen LogP contribution in [-0.4, -0.2) is 31.6 Å². The van der Waals surface area contributed by atoms with E-state index < -0.39 is 0 Å². The Morgan fingerprint density at radius 1 is 1.03 bits per heavy atom. The van der Waals surface area contributed by atoms with Crippen molar-refractivity contribution in [2.75, 3.05) is 6.54 Å². The molecule has 7 nitrogen and oxygen atoms in total. The first kappa shape index (κ1) is 27.4. The van der Waals surface area contributed by atoms with E-state index in [1.54, 1.807) is 29.1 Å². The summed E-state index contributed by atoms with van der Waals surface area (Å²) >= 11 is 19.7. The molecule has 3 heterocycles. The fraction of sp³-hybridized carbons (Fsp3) is 0.214. The lowest BCUT2D eigenvalue weighted by atomic mass is 10.1. The molecular weight excluding hydrogens is 577 g/mol. The van der Waals surface area contributed by atoms with Crippen LogP contribution >= 0.6 is 46.1 Å². The van der Waals surface area contributed by atoms with E-state index in [2.05, 4.69) is 10.3 Å². The molecule has 5 rings (SSSR count). The fourth-order valence-corrected chi connectivity index (χ4v) is 6.06. The highest BCUT2D eigenvalue weighted by molar-refractivity contribution is 7.15. The lowest BCUT2D eigenvalue weighted by Gasteiger charge is -2.09. The van der Waals surface area contributed by atoms with Crippen LogP contribution in [0.15, 0.2) is 52.6 Å². The number of aryl methyl sites for hydroxylation is 3. The van der Waals surface area contributed by atoms with Crippen LogP contribution < -0.4 is 10.9 Å². The molecule has 0 fully saturated rings. The molecule has 0 aliphatic heterocycles. The van der Waals surface area contributed by atoms with Crippen molar-refractivity contribution < 1.29 is 4.79 Å². The number of halogens is 3. The number of nitrogens with zero attached hydrogens (tertiary/aromatic N) is 4. The van der Waals surface area contributed by atoms with Crippen LogP contribution in [0.25, 0.3) is 21.9 Å². The molecule has 5 aromatic rings. The quantitative estimate of drug-likeness (QED) is 0.235. The maximum atomic E-state index is 13.8. The number of hydrogen-bond donors (Lipinski definition) is 1. The first-order chi connectivity index (χ1) is 18.6. The maximum absolute atomic E-state index is 13.8. The Morgan fingerprint density at radius 3 is 2.54 bits per heavy atom. The molecule has 0 radical (unpaired) electrons. The van der Waals surface area contributed by atoms with E-state index in [-0.39, 0.29) is 17.9 Å². The number of nitrogens with one attached hydrogen (secondary N) is 1. The number of carbonyl (C=O) groups excluding carboxylic acids is 1. The van der Waals surface area contributed by atoms with E-state index in [1.807, 2.05) is 44.2 Å². The van der Waals surface area contributed by atoms with Gasteiger partial charge in [-0.2, -0.15) is 5.10 Å². The molecule has 0 unspecified atom stereocenters. The van der Waals surface area contributed by atoms with Gasteiger partial charge in [0.25, 0.3) is 5.56 Å². The maximum Gasteiger partial charge on any atom is 0.268 e. The number of aromatic nitrogens is 4. The monoisotopic (exact) mass is 599 g/mol. The second-order valence-corrected chi connectivity index (χ2v) is 11.4. The normalized spacial score (nSPS) is 11.3. The van der Waals surface area contributed by atoms with Crippen molar-refractivity contribution in [2.24, 2.45) is 0 Å². The van der Waals surface area contributed by atoms with Gasteiger partial charge in [-0.3, -0.25) is 14.0 Å². The zero-order valence-electron chi connectivity index (χ0n) is 21.4. The summed E-state index contributed by atoms with van der Waals surface area (Å²) in [6, 6.07) is 12.7. The summed E-state index contributed by atoms with van der Waals surface area (Å²) in [6.07, 6.45) is 0.596. The van der Waals surface area contributed by atoms with Crippen LogP contribution in [0.3, 0.4) is 0 Å². The summed E-state index contributed by atoms with van der Waals surface area (Å²) in [6.45, 7) is 6.10. The molecule has 200 valence electrons. The molecule has 3 aromatic heterocycles. The van der Waals surface area contributed by atoms with Gasteiger partial charge in [0.05, 0.1) is 23.4 Å². The van der Waals surface area contributed by atoms with Gasteiger partial charge >= 0.3 is 0 Å². The molecule has 0 spiro atoms. The van der Waals surface area contributed by atoms with Gasteiger partial charge in [-0.05, 0) is 68.7 Å². The number of amides is 1. The van der Waals surface area contributed by atoms with Crippen LogP contribution in [-0.2, 0) is 17.6 Å². The summed E-state index contributed by atoms with van der Waals surface area (Å²) in [7, 11) is 0. The molecule has 0 saturated carbocycles. The Balaban J connectivity index is 1.41. The number of benzene rings is 2. The zero-order chi connectivity index (χ0) is 27.8. The average molecular weight is 601 g/mol. The van der Waals surface area contributed by atoms with Crippen LogP contribution in [0, 0.1) is 20.8 Å². The van der Waals surface area contributed by atoms with Gasteiger partial charge in [-0.25, -0.2) is 9.67 Å². The Hall–Kier alpha value is -3.17. The van der Waals surface area contributed by atoms with Crippen molar-refractivity contribution in [3.63, 3.8) is 0 Å². The minimum atomic E-state index is -0.262. The highest BCUT2D eigenvalue weighted by atomic mass is 35.5. The third-order valence-electron chi connectivity index (χ3n) is 6.44. The minimum Gasteiger partial charge on any atom is -0.355 e. The van der Waals surface area contributed by atoms with Gasteiger partial charge in [-0.15, -0.1) is 11.3 Å². The molecule has 1 amide bonds. The van der Waals surface area contributed by atoms with Crippen molar-refractivity contribution in [2.45, 2.75) is 33.6 Å². The first-order valence-corrected chi connectivity index (χ1v) is 14.2. The Morgan fingerprint density at radius 2 is 1.77 bits per heavy atom. The van der Waals surface area contributed by atoms with Crippen LogP contribution in [0.2, 0.25) is 15.1 Å². The summed E-state index contributed by atoms with van der Waals surface area (Å²) in [5.74, 6) is -0.203. The Labute approximate surface area is 244 Å². The lowest BCUT2D eigenvalue weighted by molar-refractivity contribution is -0.120. The van der Waals surface area contributed by atoms with Gasteiger partial charge in [0.1, 0.15) is 5.69 Å². The van der Waals surface area contributed by atoms with Crippen molar-refractivity contribution in [3.8, 4) is 16.9 Å².